The van der Waals surface area contributed by atoms with E-state index in [2.05, 4.69) is 64.4 Å². The second-order valence-corrected chi connectivity index (χ2v) is 19.6. The summed E-state index contributed by atoms with van der Waals surface area (Å²) in [5.74, 6) is 0.713. The number of ether oxygens (including phenoxy) is 1. The Morgan fingerprint density at radius 3 is 2.33 bits per heavy atom. The van der Waals surface area contributed by atoms with Gasteiger partial charge in [-0.1, -0.05) is 20.8 Å². The first-order valence-electron chi connectivity index (χ1n) is 17.5. The summed E-state index contributed by atoms with van der Waals surface area (Å²) in [7, 11) is -1.31. The molecule has 13 heteroatoms. The molecule has 2 aliphatic heterocycles. The molecular formula is C38H53FN8O3S. The number of halogens is 1. The summed E-state index contributed by atoms with van der Waals surface area (Å²) in [6.45, 7) is 16.5. The molecule has 2 unspecified atom stereocenters. The van der Waals surface area contributed by atoms with Crippen molar-refractivity contribution >= 4 is 33.7 Å². The lowest BCUT2D eigenvalue weighted by Gasteiger charge is -2.45. The Balaban J connectivity index is 1.20. The summed E-state index contributed by atoms with van der Waals surface area (Å²) in [5, 5.41) is 12.9. The van der Waals surface area contributed by atoms with Crippen molar-refractivity contribution in [3.05, 3.63) is 60.3 Å². The second-order valence-electron chi connectivity index (χ2n) is 15.7. The molecule has 2 aromatic heterocycles. The first kappa shape index (κ1) is 38.4. The SMILES string of the molecule is CC(C)(C)OC(=O)CN1CCN(Cc2cc(Nc3cc(-c4cnc(N5CC(OS(C)(C)C(C)(C)C)CC5CC#N)nc4)ccn3)ccc2F)CC1. The average Bonchev–Trinajstić information content (AvgIpc) is 3.44. The van der Waals surface area contributed by atoms with Crippen molar-refractivity contribution in [2.45, 2.75) is 83.4 Å². The molecule has 5 rings (SSSR count). The van der Waals surface area contributed by atoms with Gasteiger partial charge in [0.05, 0.1) is 25.1 Å². The number of carbonyl (C=O) groups is 1. The van der Waals surface area contributed by atoms with E-state index in [-0.39, 0.29) is 35.2 Å². The van der Waals surface area contributed by atoms with Crippen LogP contribution in [0.4, 0.5) is 21.8 Å². The molecule has 1 N–H and O–H groups in total. The maximum absolute atomic E-state index is 14.9. The minimum absolute atomic E-state index is 0.00730. The quantitative estimate of drug-likeness (QED) is 0.218. The molecule has 1 aromatic carbocycles. The van der Waals surface area contributed by atoms with Crippen LogP contribution in [0.5, 0.6) is 0 Å². The fraction of sp³-hybridized carbons (Fsp3) is 0.553. The van der Waals surface area contributed by atoms with Crippen molar-refractivity contribution in [2.75, 3.05) is 62.0 Å². The zero-order valence-corrected chi connectivity index (χ0v) is 32.1. The number of pyridine rings is 1. The maximum atomic E-state index is 14.9. The van der Waals surface area contributed by atoms with Gasteiger partial charge in [-0.05, 0) is 75.6 Å². The fourth-order valence-corrected chi connectivity index (χ4v) is 7.20. The summed E-state index contributed by atoms with van der Waals surface area (Å²) in [4.78, 5) is 32.5. The number of hydrogen-bond acceptors (Lipinski definition) is 11. The Morgan fingerprint density at radius 2 is 1.69 bits per heavy atom. The van der Waals surface area contributed by atoms with Crippen LogP contribution < -0.4 is 10.2 Å². The van der Waals surface area contributed by atoms with Gasteiger partial charge < -0.3 is 19.1 Å². The predicted molar refractivity (Wildman–Crippen MR) is 203 cm³/mol. The highest BCUT2D eigenvalue weighted by Crippen LogP contribution is 2.55. The van der Waals surface area contributed by atoms with Crippen LogP contribution in [0.3, 0.4) is 0 Å². The molecule has 0 spiro atoms. The highest BCUT2D eigenvalue weighted by molar-refractivity contribution is 8.29. The molecule has 11 nitrogen and oxygen atoms in total. The standard InChI is InChI=1S/C38H53FN8O3S/c1-37(2,3)49-35(48)26-46-17-15-45(16-18-46)24-28-19-30(9-10-33(28)39)44-34-20-27(12-14-41-34)29-22-42-36(43-23-29)47-25-32(21-31(47)11-13-40)50-51(7,8)38(4,5)6/h9-10,12,14,19-20,22-23,31-32H,11,15-18,21,24-26H2,1-8H3,(H,41,44). The molecule has 276 valence electrons. The maximum Gasteiger partial charge on any atom is 0.320 e. The molecule has 4 heterocycles. The van der Waals surface area contributed by atoms with Gasteiger partial charge in [-0.3, -0.25) is 14.6 Å². The summed E-state index contributed by atoms with van der Waals surface area (Å²) < 4.78 is 27.1. The Kier molecular flexibility index (Phi) is 11.9. The van der Waals surface area contributed by atoms with Crippen molar-refractivity contribution in [3.8, 4) is 17.2 Å². The molecule has 2 fully saturated rings. The third-order valence-electron chi connectivity index (χ3n) is 9.49. The number of anilines is 3. The Bertz CT molecular complexity index is 1690. The smallest absolute Gasteiger partial charge is 0.320 e. The molecule has 2 saturated heterocycles. The summed E-state index contributed by atoms with van der Waals surface area (Å²) in [6.07, 6.45) is 10.9. The van der Waals surface area contributed by atoms with E-state index in [0.29, 0.717) is 49.9 Å². The predicted octanol–water partition coefficient (Wildman–Crippen LogP) is 6.54. The first-order chi connectivity index (χ1) is 24.0. The lowest BCUT2D eigenvalue weighted by Crippen LogP contribution is -2.48. The topological polar surface area (TPSA) is 120 Å². The number of nitrogens with zero attached hydrogens (tertiary/aromatic N) is 7. The third-order valence-corrected chi connectivity index (χ3v) is 13.2. The number of nitrogens with one attached hydrogen (secondary N) is 1. The number of aromatic nitrogens is 3. The Labute approximate surface area is 304 Å². The molecule has 2 atom stereocenters. The van der Waals surface area contributed by atoms with Crippen molar-refractivity contribution in [1.29, 1.82) is 5.26 Å². The highest BCUT2D eigenvalue weighted by Gasteiger charge is 2.39. The molecular weight excluding hydrogens is 668 g/mol. The number of piperazine rings is 1. The second kappa shape index (κ2) is 15.8. The normalized spacial score (nSPS) is 19.5. The van der Waals surface area contributed by atoms with E-state index >= 15 is 0 Å². The molecule has 2 aliphatic rings. The van der Waals surface area contributed by atoms with E-state index in [9.17, 15) is 14.4 Å². The minimum Gasteiger partial charge on any atom is -0.459 e. The molecule has 51 heavy (non-hydrogen) atoms. The zero-order valence-electron chi connectivity index (χ0n) is 31.3. The number of carbonyl (C=O) groups excluding carboxylic acids is 1. The van der Waals surface area contributed by atoms with Crippen LogP contribution in [0.25, 0.3) is 11.1 Å². The van der Waals surface area contributed by atoms with Gasteiger partial charge in [0.2, 0.25) is 5.95 Å². The number of benzene rings is 1. The van der Waals surface area contributed by atoms with E-state index in [1.807, 2.05) is 39.0 Å². The first-order valence-corrected chi connectivity index (χ1v) is 19.9. The third kappa shape index (κ3) is 10.4. The van der Waals surface area contributed by atoms with E-state index in [1.165, 1.54) is 6.07 Å². The van der Waals surface area contributed by atoms with Crippen molar-refractivity contribution in [3.63, 3.8) is 0 Å². The monoisotopic (exact) mass is 720 g/mol. The molecule has 3 aromatic rings. The van der Waals surface area contributed by atoms with Crippen LogP contribution >= 0.6 is 10.3 Å². The highest BCUT2D eigenvalue weighted by atomic mass is 32.3. The number of nitriles is 1. The molecule has 0 saturated carbocycles. The van der Waals surface area contributed by atoms with E-state index in [1.54, 1.807) is 24.7 Å². The van der Waals surface area contributed by atoms with Gasteiger partial charge in [0.25, 0.3) is 0 Å². The van der Waals surface area contributed by atoms with Crippen molar-refractivity contribution < 1.29 is 18.1 Å². The molecule has 0 amide bonds. The number of esters is 1. The summed E-state index contributed by atoms with van der Waals surface area (Å²) >= 11 is 0. The largest absolute Gasteiger partial charge is 0.459 e. The van der Waals surface area contributed by atoms with Crippen molar-refractivity contribution in [2.24, 2.45) is 0 Å². The van der Waals surface area contributed by atoms with Crippen LogP contribution in [-0.2, 0) is 20.3 Å². The van der Waals surface area contributed by atoms with Gasteiger partial charge in [0.15, 0.2) is 0 Å². The fourth-order valence-electron chi connectivity index (χ4n) is 6.09. The molecule has 0 bridgehead atoms. The van der Waals surface area contributed by atoms with Gasteiger partial charge in [0, 0.05) is 85.5 Å². The van der Waals surface area contributed by atoms with E-state index in [4.69, 9.17) is 18.9 Å². The van der Waals surface area contributed by atoms with Crippen LogP contribution in [0.1, 0.15) is 59.9 Å². The molecule has 0 radical (unpaired) electrons. The molecule has 0 aliphatic carbocycles. The van der Waals surface area contributed by atoms with Crippen LogP contribution in [0, 0.1) is 17.1 Å². The Hall–Kier alpha value is -3.83. The van der Waals surface area contributed by atoms with Gasteiger partial charge in [-0.25, -0.2) is 19.3 Å². The van der Waals surface area contributed by atoms with Crippen LogP contribution in [0.15, 0.2) is 48.9 Å². The van der Waals surface area contributed by atoms with Gasteiger partial charge in [0.1, 0.15) is 17.2 Å². The van der Waals surface area contributed by atoms with Crippen molar-refractivity contribution in [1.82, 2.24) is 24.8 Å². The lowest BCUT2D eigenvalue weighted by atomic mass is 10.1. The van der Waals surface area contributed by atoms with Crippen LogP contribution in [-0.4, -0.2) is 105 Å². The van der Waals surface area contributed by atoms with Gasteiger partial charge >= 0.3 is 5.97 Å². The summed E-state index contributed by atoms with van der Waals surface area (Å²) in [5.41, 5.74) is 2.54. The van der Waals surface area contributed by atoms with E-state index in [0.717, 1.165) is 36.3 Å². The minimum atomic E-state index is -1.31. The van der Waals surface area contributed by atoms with Gasteiger partial charge in [-0.15, -0.1) is 10.3 Å². The van der Waals surface area contributed by atoms with Gasteiger partial charge in [-0.2, -0.15) is 5.26 Å². The van der Waals surface area contributed by atoms with Crippen LogP contribution in [0.2, 0.25) is 0 Å². The lowest BCUT2D eigenvalue weighted by molar-refractivity contribution is -0.156. The zero-order chi connectivity index (χ0) is 37.0. The number of rotatable bonds is 11. The Morgan fingerprint density at radius 1 is 1.00 bits per heavy atom. The van der Waals surface area contributed by atoms with E-state index < -0.39 is 15.9 Å². The number of hydrogen-bond donors (Lipinski definition) is 1. The average molecular weight is 721 g/mol. The summed E-state index contributed by atoms with van der Waals surface area (Å²) in [6, 6.07) is 11.1.